The summed E-state index contributed by atoms with van der Waals surface area (Å²) in [6, 6.07) is 5.68. The minimum Gasteiger partial charge on any atom is -0.484 e. The van der Waals surface area contributed by atoms with Crippen LogP contribution < -0.4 is 10.1 Å². The van der Waals surface area contributed by atoms with Crippen LogP contribution in [0, 0.1) is 24.7 Å². The van der Waals surface area contributed by atoms with Crippen LogP contribution in [-0.2, 0) is 4.79 Å². The van der Waals surface area contributed by atoms with Crippen LogP contribution in [0.2, 0.25) is 5.02 Å². The normalized spacial score (nSPS) is 27.7. The number of hydrogen-bond acceptors (Lipinski definition) is 2. The lowest BCUT2D eigenvalue weighted by Gasteiger charge is -2.28. The molecule has 2 aliphatic rings. The Balaban J connectivity index is 1.48. The van der Waals surface area contributed by atoms with Gasteiger partial charge in [-0.15, -0.1) is 0 Å². The predicted octanol–water partition coefficient (Wildman–Crippen LogP) is 3.97. The molecule has 4 atom stereocenters. The summed E-state index contributed by atoms with van der Waals surface area (Å²) in [5, 5.41) is 3.80. The van der Waals surface area contributed by atoms with Gasteiger partial charge < -0.3 is 10.1 Å². The summed E-state index contributed by atoms with van der Waals surface area (Å²) in [6.07, 6.45) is 5.38. The summed E-state index contributed by atoms with van der Waals surface area (Å²) < 4.78 is 5.61. The molecule has 0 radical (unpaired) electrons. The molecular formula is C18H24ClNO2. The van der Waals surface area contributed by atoms with Crippen molar-refractivity contribution in [2.75, 3.05) is 6.61 Å². The Kier molecular flexibility index (Phi) is 4.62. The van der Waals surface area contributed by atoms with E-state index in [1.807, 2.05) is 19.1 Å². The third-order valence-corrected chi connectivity index (χ3v) is 5.55. The zero-order valence-corrected chi connectivity index (χ0v) is 14.0. The molecule has 120 valence electrons. The van der Waals surface area contributed by atoms with Gasteiger partial charge in [-0.1, -0.05) is 18.0 Å². The van der Waals surface area contributed by atoms with Crippen LogP contribution in [0.25, 0.3) is 0 Å². The summed E-state index contributed by atoms with van der Waals surface area (Å²) in [7, 11) is 0. The molecule has 22 heavy (non-hydrogen) atoms. The topological polar surface area (TPSA) is 38.3 Å². The number of aryl methyl sites for hydroxylation is 1. The van der Waals surface area contributed by atoms with Crippen LogP contribution in [0.3, 0.4) is 0 Å². The van der Waals surface area contributed by atoms with Crippen LogP contribution in [0.5, 0.6) is 5.75 Å². The first-order valence-electron chi connectivity index (χ1n) is 8.21. The van der Waals surface area contributed by atoms with E-state index in [4.69, 9.17) is 16.3 Å². The predicted molar refractivity (Wildman–Crippen MR) is 88.2 cm³/mol. The molecule has 0 heterocycles. The molecule has 1 amide bonds. The number of hydrogen-bond donors (Lipinski definition) is 1. The van der Waals surface area contributed by atoms with E-state index in [2.05, 4.69) is 12.2 Å². The molecule has 3 rings (SSSR count). The van der Waals surface area contributed by atoms with Gasteiger partial charge in [0.2, 0.25) is 0 Å². The molecular weight excluding hydrogens is 298 g/mol. The van der Waals surface area contributed by atoms with Crippen molar-refractivity contribution in [3.63, 3.8) is 0 Å². The fraction of sp³-hybridized carbons (Fsp3) is 0.611. The van der Waals surface area contributed by atoms with Crippen molar-refractivity contribution in [3.8, 4) is 5.75 Å². The van der Waals surface area contributed by atoms with Crippen LogP contribution >= 0.6 is 11.6 Å². The van der Waals surface area contributed by atoms with Gasteiger partial charge in [-0.3, -0.25) is 4.79 Å². The average molecular weight is 322 g/mol. The molecule has 2 saturated carbocycles. The van der Waals surface area contributed by atoms with Crippen molar-refractivity contribution in [2.45, 2.75) is 45.6 Å². The second-order valence-electron chi connectivity index (χ2n) is 6.89. The minimum absolute atomic E-state index is 0.0374. The molecule has 0 aliphatic heterocycles. The molecule has 2 fully saturated rings. The fourth-order valence-electron chi connectivity index (χ4n) is 4.23. The lowest BCUT2D eigenvalue weighted by Crippen LogP contribution is -2.42. The van der Waals surface area contributed by atoms with Crippen molar-refractivity contribution in [1.29, 1.82) is 0 Å². The van der Waals surface area contributed by atoms with Gasteiger partial charge in [0, 0.05) is 11.1 Å². The highest BCUT2D eigenvalue weighted by Crippen LogP contribution is 2.49. The monoisotopic (exact) mass is 321 g/mol. The third-order valence-electron chi connectivity index (χ3n) is 5.32. The standard InChI is InChI=1S/C18H24ClNO2/c1-11-7-15(19)5-6-17(11)22-10-18(21)20-12(2)16-9-13-3-4-14(16)8-13/h5-7,12-14,16H,3-4,8-10H2,1-2H3,(H,20,21)/t12-,13-,14-,16+/m0/s1. The zero-order chi connectivity index (χ0) is 15.7. The van der Waals surface area contributed by atoms with Gasteiger partial charge >= 0.3 is 0 Å². The SMILES string of the molecule is Cc1cc(Cl)ccc1OCC(=O)N[C@@H](C)[C@H]1C[C@H]2CC[C@H]1C2. The quantitative estimate of drug-likeness (QED) is 0.891. The molecule has 1 N–H and O–H groups in total. The number of fused-ring (bicyclic) bond motifs is 2. The van der Waals surface area contributed by atoms with Gasteiger partial charge in [-0.25, -0.2) is 0 Å². The van der Waals surface area contributed by atoms with Crippen molar-refractivity contribution < 1.29 is 9.53 Å². The summed E-state index contributed by atoms with van der Waals surface area (Å²) >= 11 is 5.92. The highest BCUT2D eigenvalue weighted by atomic mass is 35.5. The van der Waals surface area contributed by atoms with E-state index >= 15 is 0 Å². The number of nitrogens with one attached hydrogen (secondary N) is 1. The van der Waals surface area contributed by atoms with Crippen LogP contribution in [0.15, 0.2) is 18.2 Å². The Hall–Kier alpha value is -1.22. The number of carbonyl (C=O) groups is 1. The molecule has 1 aromatic rings. The Morgan fingerprint density at radius 2 is 2.23 bits per heavy atom. The molecule has 3 nitrogen and oxygen atoms in total. The highest BCUT2D eigenvalue weighted by molar-refractivity contribution is 6.30. The maximum Gasteiger partial charge on any atom is 0.258 e. The Morgan fingerprint density at radius 3 is 2.86 bits per heavy atom. The van der Waals surface area contributed by atoms with E-state index in [-0.39, 0.29) is 18.6 Å². The number of ether oxygens (including phenoxy) is 1. The Labute approximate surface area is 137 Å². The largest absolute Gasteiger partial charge is 0.484 e. The first-order chi connectivity index (χ1) is 10.5. The van der Waals surface area contributed by atoms with Gasteiger partial charge in [-0.05, 0) is 74.6 Å². The zero-order valence-electron chi connectivity index (χ0n) is 13.3. The van der Waals surface area contributed by atoms with E-state index in [9.17, 15) is 4.79 Å². The molecule has 0 unspecified atom stereocenters. The van der Waals surface area contributed by atoms with Crippen molar-refractivity contribution in [2.24, 2.45) is 17.8 Å². The summed E-state index contributed by atoms with van der Waals surface area (Å²) in [5.41, 5.74) is 0.946. The second-order valence-corrected chi connectivity index (χ2v) is 7.33. The molecule has 2 aliphatic carbocycles. The van der Waals surface area contributed by atoms with E-state index in [0.717, 1.165) is 17.4 Å². The fourth-order valence-corrected chi connectivity index (χ4v) is 4.45. The number of carbonyl (C=O) groups excluding carboxylic acids is 1. The van der Waals surface area contributed by atoms with Gasteiger partial charge in [-0.2, -0.15) is 0 Å². The minimum atomic E-state index is -0.0374. The number of rotatable bonds is 5. The Bertz CT molecular complexity index is 560. The van der Waals surface area contributed by atoms with Crippen LogP contribution in [0.1, 0.15) is 38.2 Å². The molecule has 1 aromatic carbocycles. The number of benzene rings is 1. The summed E-state index contributed by atoms with van der Waals surface area (Å²) in [6.45, 7) is 4.13. The lowest BCUT2D eigenvalue weighted by atomic mass is 9.84. The maximum atomic E-state index is 12.1. The summed E-state index contributed by atoms with van der Waals surface area (Å²) in [5.74, 6) is 3.05. The third kappa shape index (κ3) is 3.40. The first-order valence-corrected chi connectivity index (χ1v) is 8.59. The van der Waals surface area contributed by atoms with Crippen LogP contribution in [0.4, 0.5) is 0 Å². The lowest BCUT2D eigenvalue weighted by molar-refractivity contribution is -0.124. The number of amides is 1. The Morgan fingerprint density at radius 1 is 1.41 bits per heavy atom. The van der Waals surface area contributed by atoms with E-state index in [0.29, 0.717) is 16.7 Å². The van der Waals surface area contributed by atoms with Crippen molar-refractivity contribution in [3.05, 3.63) is 28.8 Å². The first kappa shape index (κ1) is 15.7. The van der Waals surface area contributed by atoms with E-state index in [1.54, 1.807) is 6.07 Å². The molecule has 2 bridgehead atoms. The number of halogens is 1. The molecule has 0 spiro atoms. The van der Waals surface area contributed by atoms with Gasteiger partial charge in [0.15, 0.2) is 6.61 Å². The second kappa shape index (κ2) is 6.49. The molecule has 0 aromatic heterocycles. The van der Waals surface area contributed by atoms with Crippen molar-refractivity contribution >= 4 is 17.5 Å². The van der Waals surface area contributed by atoms with Crippen LogP contribution in [-0.4, -0.2) is 18.6 Å². The summed E-state index contributed by atoms with van der Waals surface area (Å²) in [4.78, 5) is 12.1. The van der Waals surface area contributed by atoms with Gasteiger partial charge in [0.25, 0.3) is 5.91 Å². The highest BCUT2D eigenvalue weighted by Gasteiger charge is 2.42. The smallest absolute Gasteiger partial charge is 0.258 e. The van der Waals surface area contributed by atoms with Gasteiger partial charge in [0.05, 0.1) is 0 Å². The van der Waals surface area contributed by atoms with E-state index < -0.39 is 0 Å². The van der Waals surface area contributed by atoms with Crippen molar-refractivity contribution in [1.82, 2.24) is 5.32 Å². The average Bonchev–Trinajstić information content (AvgIpc) is 3.09. The molecule has 0 saturated heterocycles. The van der Waals surface area contributed by atoms with E-state index in [1.165, 1.54) is 25.7 Å². The van der Waals surface area contributed by atoms with Gasteiger partial charge in [0.1, 0.15) is 5.75 Å². The maximum absolute atomic E-state index is 12.1. The molecule has 4 heteroatoms.